The molecule has 0 saturated carbocycles. The second-order valence-electron chi connectivity index (χ2n) is 4.19. The summed E-state index contributed by atoms with van der Waals surface area (Å²) in [5.41, 5.74) is 0.555. The highest BCUT2D eigenvalue weighted by Crippen LogP contribution is 2.29. The van der Waals surface area contributed by atoms with Crippen LogP contribution in [-0.2, 0) is 4.79 Å². The summed E-state index contributed by atoms with van der Waals surface area (Å²) in [7, 11) is 1.41. The number of urea groups is 1. The van der Waals surface area contributed by atoms with E-state index >= 15 is 0 Å². The van der Waals surface area contributed by atoms with E-state index in [0.29, 0.717) is 11.3 Å². The Morgan fingerprint density at radius 1 is 1.35 bits per heavy atom. The van der Waals surface area contributed by atoms with Gasteiger partial charge in [-0.3, -0.25) is 10.1 Å². The van der Waals surface area contributed by atoms with E-state index in [1.54, 1.807) is 25.1 Å². The monoisotopic (exact) mass is 344 g/mol. The minimum absolute atomic E-state index is 0.391. The van der Waals surface area contributed by atoms with Gasteiger partial charge in [0, 0.05) is 17.1 Å². The van der Waals surface area contributed by atoms with Gasteiger partial charge >= 0.3 is 6.03 Å². The Bertz CT molecular complexity index is 505. The minimum Gasteiger partial charge on any atom is -0.480 e. The Hall–Kier alpha value is -1.60. The predicted molar refractivity (Wildman–Crippen MR) is 77.5 cm³/mol. The molecule has 3 amide bonds. The van der Waals surface area contributed by atoms with Crippen molar-refractivity contribution < 1.29 is 19.4 Å². The predicted octanol–water partition coefficient (Wildman–Crippen LogP) is 1.73. The first-order chi connectivity index (χ1) is 9.35. The Labute approximate surface area is 125 Å². The molecule has 0 fully saturated rings. The molecule has 2 atom stereocenters. The molecular formula is C13H17BrN2O4. The number of carbonyl (C=O) groups excluding carboxylic acids is 2. The molecule has 20 heavy (non-hydrogen) atoms. The van der Waals surface area contributed by atoms with Gasteiger partial charge in [0.2, 0.25) is 0 Å². The lowest BCUT2D eigenvalue weighted by molar-refractivity contribution is -0.126. The van der Waals surface area contributed by atoms with Crippen molar-refractivity contribution in [3.8, 4) is 5.75 Å². The maximum absolute atomic E-state index is 11.7. The number of rotatable bonds is 4. The number of hydrogen-bond donors (Lipinski definition) is 3. The molecule has 0 aliphatic rings. The van der Waals surface area contributed by atoms with E-state index in [0.717, 1.165) is 4.47 Å². The number of aliphatic hydroxyl groups is 1. The fraction of sp³-hybridized carbons (Fsp3) is 0.385. The molecule has 6 nitrogen and oxygen atoms in total. The average molecular weight is 345 g/mol. The zero-order chi connectivity index (χ0) is 15.3. The van der Waals surface area contributed by atoms with Gasteiger partial charge in [0.05, 0.1) is 6.10 Å². The first kappa shape index (κ1) is 16.5. The SMILES string of the molecule is CNC(=O)NC(=O)C(C)Oc1ccc(Br)cc1[C@@H](C)O. The van der Waals surface area contributed by atoms with Crippen molar-refractivity contribution in [1.82, 2.24) is 10.6 Å². The third-order valence-electron chi connectivity index (χ3n) is 2.56. The molecule has 0 spiro atoms. The molecular weight excluding hydrogens is 328 g/mol. The van der Waals surface area contributed by atoms with E-state index in [4.69, 9.17) is 4.74 Å². The first-order valence-electron chi connectivity index (χ1n) is 6.02. The molecule has 1 aromatic rings. The number of ether oxygens (including phenoxy) is 1. The second-order valence-corrected chi connectivity index (χ2v) is 5.10. The van der Waals surface area contributed by atoms with E-state index in [9.17, 15) is 14.7 Å². The molecule has 0 aliphatic carbocycles. The molecule has 0 radical (unpaired) electrons. The summed E-state index contributed by atoms with van der Waals surface area (Å²) in [6, 6.07) is 4.50. The number of benzene rings is 1. The number of imide groups is 1. The summed E-state index contributed by atoms with van der Waals surface area (Å²) in [4.78, 5) is 22.8. The molecule has 7 heteroatoms. The lowest BCUT2D eigenvalue weighted by Gasteiger charge is -2.18. The molecule has 110 valence electrons. The van der Waals surface area contributed by atoms with E-state index in [2.05, 4.69) is 26.6 Å². The fourth-order valence-electron chi connectivity index (χ4n) is 1.47. The number of amides is 3. The summed E-state index contributed by atoms with van der Waals surface area (Å²) >= 11 is 3.30. The van der Waals surface area contributed by atoms with Crippen molar-refractivity contribution in [1.29, 1.82) is 0 Å². The summed E-state index contributed by atoms with van der Waals surface area (Å²) in [6.45, 7) is 3.12. The van der Waals surface area contributed by atoms with Crippen LogP contribution < -0.4 is 15.4 Å². The average Bonchev–Trinajstić information content (AvgIpc) is 2.40. The van der Waals surface area contributed by atoms with E-state index in [-0.39, 0.29) is 0 Å². The molecule has 1 aromatic carbocycles. The van der Waals surface area contributed by atoms with Crippen molar-refractivity contribution in [3.05, 3.63) is 28.2 Å². The van der Waals surface area contributed by atoms with Crippen molar-refractivity contribution in [2.75, 3.05) is 7.05 Å². The van der Waals surface area contributed by atoms with Crippen LogP contribution in [0.15, 0.2) is 22.7 Å². The highest BCUT2D eigenvalue weighted by Gasteiger charge is 2.19. The summed E-state index contributed by atoms with van der Waals surface area (Å²) in [6.07, 6.45) is -1.61. The molecule has 0 saturated heterocycles. The second kappa shape index (κ2) is 7.25. The van der Waals surface area contributed by atoms with Gasteiger partial charge in [-0.1, -0.05) is 15.9 Å². The lowest BCUT2D eigenvalue weighted by Crippen LogP contribution is -2.44. The van der Waals surface area contributed by atoms with Crippen LogP contribution in [0.4, 0.5) is 4.79 Å². The van der Waals surface area contributed by atoms with E-state index in [1.165, 1.54) is 14.0 Å². The number of halogens is 1. The van der Waals surface area contributed by atoms with Crippen LogP contribution in [0.3, 0.4) is 0 Å². The number of hydrogen-bond acceptors (Lipinski definition) is 4. The topological polar surface area (TPSA) is 87.7 Å². The third-order valence-corrected chi connectivity index (χ3v) is 3.05. The van der Waals surface area contributed by atoms with Crippen LogP contribution >= 0.6 is 15.9 Å². The van der Waals surface area contributed by atoms with Gasteiger partial charge in [0.1, 0.15) is 5.75 Å². The van der Waals surface area contributed by atoms with Crippen LogP contribution in [0.5, 0.6) is 5.75 Å². The molecule has 0 bridgehead atoms. The van der Waals surface area contributed by atoms with Crippen LogP contribution in [0, 0.1) is 0 Å². The molecule has 0 aliphatic heterocycles. The van der Waals surface area contributed by atoms with Crippen molar-refractivity contribution >= 4 is 27.9 Å². The van der Waals surface area contributed by atoms with Gasteiger partial charge in [0.25, 0.3) is 5.91 Å². The van der Waals surface area contributed by atoms with Gasteiger partial charge in [-0.2, -0.15) is 0 Å². The Balaban J connectivity index is 2.82. The molecule has 1 unspecified atom stereocenters. The fourth-order valence-corrected chi connectivity index (χ4v) is 1.85. The van der Waals surface area contributed by atoms with Gasteiger partial charge in [-0.15, -0.1) is 0 Å². The van der Waals surface area contributed by atoms with Crippen LogP contribution in [0.2, 0.25) is 0 Å². The lowest BCUT2D eigenvalue weighted by atomic mass is 10.1. The van der Waals surface area contributed by atoms with Crippen LogP contribution in [0.25, 0.3) is 0 Å². The number of aliphatic hydroxyl groups excluding tert-OH is 1. The number of carbonyl (C=O) groups is 2. The highest BCUT2D eigenvalue weighted by molar-refractivity contribution is 9.10. The summed E-state index contributed by atoms with van der Waals surface area (Å²) in [5.74, 6) is -0.174. The van der Waals surface area contributed by atoms with Gasteiger partial charge in [-0.25, -0.2) is 4.79 Å². The first-order valence-corrected chi connectivity index (χ1v) is 6.81. The Morgan fingerprint density at radius 3 is 2.55 bits per heavy atom. The minimum atomic E-state index is -0.869. The largest absolute Gasteiger partial charge is 0.480 e. The molecule has 0 aromatic heterocycles. The van der Waals surface area contributed by atoms with Gasteiger partial charge < -0.3 is 15.2 Å². The van der Waals surface area contributed by atoms with E-state index in [1.807, 2.05) is 0 Å². The maximum atomic E-state index is 11.7. The van der Waals surface area contributed by atoms with Gasteiger partial charge in [0.15, 0.2) is 6.10 Å². The standard InChI is InChI=1S/C13H17BrN2O4/c1-7(17)10-6-9(14)4-5-11(10)20-8(2)12(18)16-13(19)15-3/h4-8,17H,1-3H3,(H2,15,16,18,19)/t7-,8?/m1/s1. The summed E-state index contributed by atoms with van der Waals surface area (Å²) in [5, 5.41) is 14.1. The van der Waals surface area contributed by atoms with E-state index < -0.39 is 24.1 Å². The Morgan fingerprint density at radius 2 is 2.00 bits per heavy atom. The van der Waals surface area contributed by atoms with Crippen LogP contribution in [-0.4, -0.2) is 30.2 Å². The molecule has 1 rings (SSSR count). The highest BCUT2D eigenvalue weighted by atomic mass is 79.9. The smallest absolute Gasteiger partial charge is 0.321 e. The Kier molecular flexibility index (Phi) is 5.97. The molecule has 0 heterocycles. The maximum Gasteiger partial charge on any atom is 0.321 e. The van der Waals surface area contributed by atoms with Gasteiger partial charge in [-0.05, 0) is 32.0 Å². The normalized spacial score (nSPS) is 13.2. The zero-order valence-electron chi connectivity index (χ0n) is 11.4. The molecule has 3 N–H and O–H groups in total. The summed E-state index contributed by atoms with van der Waals surface area (Å²) < 4.78 is 6.29. The zero-order valence-corrected chi connectivity index (χ0v) is 13.0. The van der Waals surface area contributed by atoms with Crippen LogP contribution in [0.1, 0.15) is 25.5 Å². The van der Waals surface area contributed by atoms with Crippen molar-refractivity contribution in [2.24, 2.45) is 0 Å². The number of nitrogens with one attached hydrogen (secondary N) is 2. The van der Waals surface area contributed by atoms with Crippen molar-refractivity contribution in [2.45, 2.75) is 26.1 Å². The quantitative estimate of drug-likeness (QED) is 0.776. The van der Waals surface area contributed by atoms with Crippen molar-refractivity contribution in [3.63, 3.8) is 0 Å². The third kappa shape index (κ3) is 4.50.